The molecule has 17 heavy (non-hydrogen) atoms. The third kappa shape index (κ3) is 3.96. The second kappa shape index (κ2) is 5.36. The highest BCUT2D eigenvalue weighted by atomic mass is 16.5. The van der Waals surface area contributed by atoms with Crippen LogP contribution in [0, 0.1) is 10.8 Å². The Morgan fingerprint density at radius 3 is 2.71 bits per heavy atom. The van der Waals surface area contributed by atoms with Crippen molar-refractivity contribution in [1.29, 1.82) is 5.41 Å². The van der Waals surface area contributed by atoms with Gasteiger partial charge < -0.3 is 15.4 Å². The summed E-state index contributed by atoms with van der Waals surface area (Å²) in [5.41, 5.74) is 5.41. The van der Waals surface area contributed by atoms with Gasteiger partial charge in [-0.25, -0.2) is 0 Å². The molecule has 1 unspecified atom stereocenters. The molecule has 0 spiro atoms. The van der Waals surface area contributed by atoms with Crippen molar-refractivity contribution in [3.8, 4) is 0 Å². The predicted octanol–water partition coefficient (Wildman–Crippen LogP) is 1.84. The second-order valence-electron chi connectivity index (χ2n) is 6.08. The Balaban J connectivity index is 2.45. The minimum absolute atomic E-state index is 0.00137. The maximum Gasteiger partial charge on any atom is 0.0963 e. The fourth-order valence-electron chi connectivity index (χ4n) is 2.24. The van der Waals surface area contributed by atoms with Gasteiger partial charge in [-0.3, -0.25) is 5.41 Å². The number of ether oxygens (including phenoxy) is 1. The summed E-state index contributed by atoms with van der Waals surface area (Å²) in [6.07, 6.45) is 3.25. The van der Waals surface area contributed by atoms with Gasteiger partial charge in [-0.15, -0.1) is 0 Å². The number of likely N-dealkylation sites (tertiary alicyclic amines) is 1. The summed E-state index contributed by atoms with van der Waals surface area (Å²) in [5.74, 6) is 0.281. The normalized spacial score (nSPS) is 27.1. The average Bonchev–Trinajstić information content (AvgIpc) is 2.27. The molecule has 1 aliphatic heterocycles. The first-order valence-corrected chi connectivity index (χ1v) is 6.41. The standard InChI is InChI=1S/C13H27N3O/c1-12(2,11(14)15)7-9-16-8-5-6-13(3,10-16)17-4/h5-10H2,1-4H3,(H3,14,15). The molecule has 0 radical (unpaired) electrons. The highest BCUT2D eigenvalue weighted by Crippen LogP contribution is 2.26. The average molecular weight is 241 g/mol. The van der Waals surface area contributed by atoms with Crippen LogP contribution in [0.3, 0.4) is 0 Å². The van der Waals surface area contributed by atoms with Crippen molar-refractivity contribution in [3.63, 3.8) is 0 Å². The van der Waals surface area contributed by atoms with Gasteiger partial charge in [-0.2, -0.15) is 0 Å². The van der Waals surface area contributed by atoms with Gasteiger partial charge in [0.1, 0.15) is 0 Å². The Morgan fingerprint density at radius 1 is 1.53 bits per heavy atom. The first-order valence-electron chi connectivity index (χ1n) is 6.41. The minimum Gasteiger partial charge on any atom is -0.387 e. The lowest BCUT2D eigenvalue weighted by Crippen LogP contribution is -2.48. The molecule has 0 bridgehead atoms. The zero-order valence-electron chi connectivity index (χ0n) is 11.7. The van der Waals surface area contributed by atoms with E-state index >= 15 is 0 Å². The number of methoxy groups -OCH3 is 1. The molecule has 1 fully saturated rings. The van der Waals surface area contributed by atoms with E-state index in [1.165, 1.54) is 6.42 Å². The van der Waals surface area contributed by atoms with E-state index in [2.05, 4.69) is 11.8 Å². The Bertz CT molecular complexity index is 278. The number of rotatable bonds is 5. The third-order valence-electron chi connectivity index (χ3n) is 4.01. The van der Waals surface area contributed by atoms with Gasteiger partial charge in [-0.1, -0.05) is 13.8 Å². The zero-order chi connectivity index (χ0) is 13.1. The van der Waals surface area contributed by atoms with Crippen molar-refractivity contribution in [2.24, 2.45) is 11.1 Å². The summed E-state index contributed by atoms with van der Waals surface area (Å²) >= 11 is 0. The van der Waals surface area contributed by atoms with Crippen molar-refractivity contribution >= 4 is 5.84 Å². The Hall–Kier alpha value is -0.610. The molecule has 0 saturated carbocycles. The highest BCUT2D eigenvalue weighted by Gasteiger charge is 2.31. The molecule has 3 N–H and O–H groups in total. The van der Waals surface area contributed by atoms with E-state index in [0.29, 0.717) is 0 Å². The van der Waals surface area contributed by atoms with Crippen molar-refractivity contribution in [2.45, 2.75) is 45.6 Å². The highest BCUT2D eigenvalue weighted by molar-refractivity contribution is 5.82. The van der Waals surface area contributed by atoms with E-state index in [0.717, 1.165) is 32.5 Å². The molecule has 1 rings (SSSR count). The van der Waals surface area contributed by atoms with Crippen LogP contribution in [0.5, 0.6) is 0 Å². The van der Waals surface area contributed by atoms with Gasteiger partial charge in [0.05, 0.1) is 11.4 Å². The summed E-state index contributed by atoms with van der Waals surface area (Å²) in [7, 11) is 1.79. The molecular weight excluding hydrogens is 214 g/mol. The molecule has 0 aliphatic carbocycles. The lowest BCUT2D eigenvalue weighted by molar-refractivity contribution is -0.0517. The largest absolute Gasteiger partial charge is 0.387 e. The topological polar surface area (TPSA) is 62.3 Å². The number of hydrogen-bond acceptors (Lipinski definition) is 3. The summed E-state index contributed by atoms with van der Waals surface area (Å²) < 4.78 is 5.58. The number of piperidine rings is 1. The summed E-state index contributed by atoms with van der Waals surface area (Å²) in [5, 5.41) is 7.56. The molecule has 0 aromatic heterocycles. The Morgan fingerprint density at radius 2 is 2.18 bits per heavy atom. The molecule has 0 aromatic rings. The number of nitrogens with two attached hydrogens (primary N) is 1. The SMILES string of the molecule is COC1(C)CCCN(CCC(C)(C)C(=N)N)C1. The van der Waals surface area contributed by atoms with E-state index in [-0.39, 0.29) is 16.9 Å². The van der Waals surface area contributed by atoms with Crippen LogP contribution in [-0.2, 0) is 4.74 Å². The number of nitrogens with one attached hydrogen (secondary N) is 1. The predicted molar refractivity (Wildman–Crippen MR) is 71.4 cm³/mol. The van der Waals surface area contributed by atoms with E-state index < -0.39 is 0 Å². The summed E-state index contributed by atoms with van der Waals surface area (Å²) in [6, 6.07) is 0. The Labute approximate surface area is 105 Å². The van der Waals surface area contributed by atoms with Crippen LogP contribution in [0.2, 0.25) is 0 Å². The molecule has 100 valence electrons. The first-order chi connectivity index (χ1) is 7.79. The zero-order valence-corrected chi connectivity index (χ0v) is 11.7. The van der Waals surface area contributed by atoms with Crippen LogP contribution in [0.1, 0.15) is 40.0 Å². The van der Waals surface area contributed by atoms with Crippen LogP contribution in [0.4, 0.5) is 0 Å². The van der Waals surface area contributed by atoms with E-state index in [1.807, 2.05) is 13.8 Å². The monoisotopic (exact) mass is 241 g/mol. The second-order valence-corrected chi connectivity index (χ2v) is 6.08. The maximum atomic E-state index is 7.56. The van der Waals surface area contributed by atoms with Crippen LogP contribution in [-0.4, -0.2) is 43.1 Å². The van der Waals surface area contributed by atoms with Crippen LogP contribution in [0.15, 0.2) is 0 Å². The van der Waals surface area contributed by atoms with Crippen molar-refractivity contribution in [2.75, 3.05) is 26.7 Å². The van der Waals surface area contributed by atoms with E-state index in [4.69, 9.17) is 15.9 Å². The lowest BCUT2D eigenvalue weighted by Gasteiger charge is -2.40. The first kappa shape index (κ1) is 14.5. The summed E-state index contributed by atoms with van der Waals surface area (Å²) in [6.45, 7) is 9.36. The Kier molecular flexibility index (Phi) is 4.55. The van der Waals surface area contributed by atoms with Gasteiger partial charge in [0.2, 0.25) is 0 Å². The van der Waals surface area contributed by atoms with E-state index in [1.54, 1.807) is 7.11 Å². The van der Waals surface area contributed by atoms with Crippen molar-refractivity contribution < 1.29 is 4.74 Å². The quantitative estimate of drug-likeness (QED) is 0.570. The molecule has 0 aromatic carbocycles. The summed E-state index contributed by atoms with van der Waals surface area (Å²) in [4.78, 5) is 2.43. The van der Waals surface area contributed by atoms with Gasteiger partial charge in [0, 0.05) is 19.1 Å². The maximum absolute atomic E-state index is 7.56. The minimum atomic E-state index is -0.194. The number of hydrogen-bond donors (Lipinski definition) is 2. The van der Waals surface area contributed by atoms with Gasteiger partial charge in [0.15, 0.2) is 0 Å². The van der Waals surface area contributed by atoms with E-state index in [9.17, 15) is 0 Å². The van der Waals surface area contributed by atoms with Gasteiger partial charge in [-0.05, 0) is 39.3 Å². The molecule has 4 heteroatoms. The molecule has 0 amide bonds. The third-order valence-corrected chi connectivity index (χ3v) is 4.01. The molecule has 1 aliphatic rings. The molecule has 4 nitrogen and oxygen atoms in total. The molecular formula is C13H27N3O. The molecule has 1 heterocycles. The number of amidine groups is 1. The van der Waals surface area contributed by atoms with Crippen LogP contribution >= 0.6 is 0 Å². The van der Waals surface area contributed by atoms with Crippen molar-refractivity contribution in [1.82, 2.24) is 4.90 Å². The molecule has 1 saturated heterocycles. The molecule has 1 atom stereocenters. The number of nitrogens with zero attached hydrogens (tertiary/aromatic N) is 1. The fourth-order valence-corrected chi connectivity index (χ4v) is 2.24. The van der Waals surface area contributed by atoms with Crippen LogP contribution in [0.25, 0.3) is 0 Å². The fraction of sp³-hybridized carbons (Fsp3) is 0.923. The van der Waals surface area contributed by atoms with Gasteiger partial charge in [0.25, 0.3) is 0 Å². The smallest absolute Gasteiger partial charge is 0.0963 e. The van der Waals surface area contributed by atoms with Crippen LogP contribution < -0.4 is 5.73 Å². The van der Waals surface area contributed by atoms with Crippen molar-refractivity contribution in [3.05, 3.63) is 0 Å². The lowest BCUT2D eigenvalue weighted by atomic mass is 9.87. The van der Waals surface area contributed by atoms with Gasteiger partial charge >= 0.3 is 0 Å².